The van der Waals surface area contributed by atoms with E-state index in [2.05, 4.69) is 20.8 Å². The highest BCUT2D eigenvalue weighted by atomic mass is 16.5. The Morgan fingerprint density at radius 2 is 2.27 bits per heavy atom. The first-order chi connectivity index (χ1) is 10.4. The van der Waals surface area contributed by atoms with Crippen LogP contribution in [0.3, 0.4) is 0 Å². The Hall–Kier alpha value is -1.63. The maximum atomic E-state index is 12.3. The van der Waals surface area contributed by atoms with Gasteiger partial charge in [-0.05, 0) is 25.7 Å². The average Bonchev–Trinajstić information content (AvgIpc) is 3.03. The number of nitrogens with zero attached hydrogens (tertiary/aromatic N) is 2. The number of aliphatic hydroxyl groups is 1. The van der Waals surface area contributed by atoms with Gasteiger partial charge >= 0.3 is 6.03 Å². The molecule has 124 valence electrons. The van der Waals surface area contributed by atoms with Gasteiger partial charge in [0.15, 0.2) is 5.82 Å². The van der Waals surface area contributed by atoms with Gasteiger partial charge in [0.1, 0.15) is 6.04 Å². The van der Waals surface area contributed by atoms with E-state index >= 15 is 0 Å². The van der Waals surface area contributed by atoms with Gasteiger partial charge in [-0.25, -0.2) is 4.79 Å². The Morgan fingerprint density at radius 3 is 2.82 bits per heavy atom. The molecule has 2 amide bonds. The summed E-state index contributed by atoms with van der Waals surface area (Å²) in [7, 11) is 0. The van der Waals surface area contributed by atoms with Crippen molar-refractivity contribution in [3.63, 3.8) is 0 Å². The van der Waals surface area contributed by atoms with E-state index in [1.54, 1.807) is 6.92 Å². The fourth-order valence-electron chi connectivity index (χ4n) is 2.96. The van der Waals surface area contributed by atoms with Crippen molar-refractivity contribution in [1.29, 1.82) is 0 Å². The Balaban J connectivity index is 2.00. The molecule has 22 heavy (non-hydrogen) atoms. The molecule has 1 fully saturated rings. The lowest BCUT2D eigenvalue weighted by atomic mass is 9.86. The molecule has 0 radical (unpaired) electrons. The molecule has 3 unspecified atom stereocenters. The molecule has 0 bridgehead atoms. The Labute approximate surface area is 130 Å². The number of hydrogen-bond acceptors (Lipinski definition) is 5. The molecule has 1 aromatic heterocycles. The number of amides is 2. The first kappa shape index (κ1) is 16.7. The molecule has 1 heterocycles. The number of aromatic nitrogens is 2. The molecule has 7 nitrogen and oxygen atoms in total. The van der Waals surface area contributed by atoms with Gasteiger partial charge in [0.05, 0.1) is 6.61 Å². The lowest BCUT2D eigenvalue weighted by Gasteiger charge is -2.30. The summed E-state index contributed by atoms with van der Waals surface area (Å²) < 4.78 is 5.18. The normalized spacial score (nSPS) is 26.2. The van der Waals surface area contributed by atoms with Crippen LogP contribution < -0.4 is 10.6 Å². The minimum absolute atomic E-state index is 0.0188. The first-order valence-corrected chi connectivity index (χ1v) is 7.84. The molecule has 0 spiro atoms. The van der Waals surface area contributed by atoms with Crippen molar-refractivity contribution >= 4 is 6.03 Å². The summed E-state index contributed by atoms with van der Waals surface area (Å²) in [6, 6.07) is -0.612. The smallest absolute Gasteiger partial charge is 0.315 e. The van der Waals surface area contributed by atoms with Crippen molar-refractivity contribution in [1.82, 2.24) is 20.8 Å². The SMILES string of the molecule is Cc1noc(C(NC(=O)NC2CCCC2(C)CO)C(C)C)n1. The van der Waals surface area contributed by atoms with Gasteiger partial charge < -0.3 is 20.3 Å². The summed E-state index contributed by atoms with van der Waals surface area (Å²) in [5.41, 5.74) is -0.244. The van der Waals surface area contributed by atoms with E-state index in [1.165, 1.54) is 0 Å². The van der Waals surface area contributed by atoms with Crippen molar-refractivity contribution in [2.75, 3.05) is 6.61 Å². The maximum Gasteiger partial charge on any atom is 0.315 e. The van der Waals surface area contributed by atoms with Crippen molar-refractivity contribution < 1.29 is 14.4 Å². The van der Waals surface area contributed by atoms with Crippen LogP contribution in [0.2, 0.25) is 0 Å². The highest BCUT2D eigenvalue weighted by Crippen LogP contribution is 2.37. The Bertz CT molecular complexity index is 517. The number of nitrogens with one attached hydrogen (secondary N) is 2. The maximum absolute atomic E-state index is 12.3. The van der Waals surface area contributed by atoms with Gasteiger partial charge in [0, 0.05) is 11.5 Å². The van der Waals surface area contributed by atoms with Crippen LogP contribution in [0, 0.1) is 18.3 Å². The third-order valence-electron chi connectivity index (χ3n) is 4.51. The molecular weight excluding hydrogens is 284 g/mol. The second-order valence-corrected chi connectivity index (χ2v) is 6.78. The summed E-state index contributed by atoms with van der Waals surface area (Å²) in [5.74, 6) is 1.09. The van der Waals surface area contributed by atoms with Gasteiger partial charge in [-0.15, -0.1) is 0 Å². The predicted octanol–water partition coefficient (Wildman–Crippen LogP) is 1.93. The fourth-order valence-corrected chi connectivity index (χ4v) is 2.96. The van der Waals surface area contributed by atoms with Crippen LogP contribution in [0.5, 0.6) is 0 Å². The number of aryl methyl sites for hydroxylation is 1. The first-order valence-electron chi connectivity index (χ1n) is 7.84. The van der Waals surface area contributed by atoms with Crippen molar-refractivity contribution in [2.24, 2.45) is 11.3 Å². The molecule has 3 atom stereocenters. The molecule has 0 aromatic carbocycles. The zero-order valence-electron chi connectivity index (χ0n) is 13.7. The third-order valence-corrected chi connectivity index (χ3v) is 4.51. The predicted molar refractivity (Wildman–Crippen MR) is 81.1 cm³/mol. The minimum atomic E-state index is -0.331. The quantitative estimate of drug-likeness (QED) is 0.771. The largest absolute Gasteiger partial charge is 0.396 e. The number of aliphatic hydroxyl groups excluding tert-OH is 1. The zero-order chi connectivity index (χ0) is 16.3. The monoisotopic (exact) mass is 310 g/mol. The number of hydrogen-bond donors (Lipinski definition) is 3. The molecule has 1 saturated carbocycles. The topological polar surface area (TPSA) is 100 Å². The van der Waals surface area contributed by atoms with E-state index in [0.29, 0.717) is 11.7 Å². The third kappa shape index (κ3) is 3.58. The van der Waals surface area contributed by atoms with Gasteiger partial charge in [0.25, 0.3) is 0 Å². The van der Waals surface area contributed by atoms with Crippen molar-refractivity contribution in [3.05, 3.63) is 11.7 Å². The molecule has 7 heteroatoms. The second-order valence-electron chi connectivity index (χ2n) is 6.78. The standard InChI is InChI=1S/C15H26N4O3/c1-9(2)12(13-16-10(3)19-22-13)18-14(21)17-11-6-5-7-15(11,4)8-20/h9,11-12,20H,5-8H2,1-4H3,(H2,17,18,21). The lowest BCUT2D eigenvalue weighted by Crippen LogP contribution is -2.49. The van der Waals surface area contributed by atoms with Crippen LogP contribution in [0.4, 0.5) is 4.79 Å². The summed E-state index contributed by atoms with van der Waals surface area (Å²) in [6.45, 7) is 7.80. The molecule has 2 rings (SSSR count). The number of rotatable bonds is 5. The van der Waals surface area contributed by atoms with E-state index in [1.807, 2.05) is 20.8 Å². The van der Waals surface area contributed by atoms with E-state index in [-0.39, 0.29) is 36.1 Å². The zero-order valence-corrected chi connectivity index (χ0v) is 13.7. The summed E-state index contributed by atoms with van der Waals surface area (Å²) in [4.78, 5) is 16.5. The number of carbonyl (C=O) groups is 1. The molecular formula is C15H26N4O3. The number of carbonyl (C=O) groups excluding carboxylic acids is 1. The Morgan fingerprint density at radius 1 is 1.55 bits per heavy atom. The molecule has 1 aliphatic carbocycles. The number of urea groups is 1. The fraction of sp³-hybridized carbons (Fsp3) is 0.800. The van der Waals surface area contributed by atoms with Crippen LogP contribution in [-0.4, -0.2) is 33.9 Å². The van der Waals surface area contributed by atoms with Gasteiger partial charge in [-0.1, -0.05) is 32.3 Å². The Kier molecular flexibility index (Phi) is 5.05. The van der Waals surface area contributed by atoms with Crippen LogP contribution >= 0.6 is 0 Å². The highest BCUT2D eigenvalue weighted by molar-refractivity contribution is 5.74. The highest BCUT2D eigenvalue weighted by Gasteiger charge is 2.39. The van der Waals surface area contributed by atoms with Gasteiger partial charge in [-0.3, -0.25) is 0 Å². The summed E-state index contributed by atoms with van der Waals surface area (Å²) in [6.07, 6.45) is 2.82. The molecule has 1 aromatic rings. The molecule has 0 aliphatic heterocycles. The van der Waals surface area contributed by atoms with Crippen molar-refractivity contribution in [2.45, 2.75) is 59.0 Å². The second kappa shape index (κ2) is 6.64. The van der Waals surface area contributed by atoms with E-state index in [0.717, 1.165) is 19.3 Å². The minimum Gasteiger partial charge on any atom is -0.396 e. The lowest BCUT2D eigenvalue weighted by molar-refractivity contribution is 0.120. The van der Waals surface area contributed by atoms with Crippen LogP contribution in [-0.2, 0) is 0 Å². The molecule has 1 aliphatic rings. The summed E-state index contributed by atoms with van der Waals surface area (Å²) in [5, 5.41) is 19.2. The van der Waals surface area contributed by atoms with Crippen LogP contribution in [0.1, 0.15) is 57.8 Å². The average molecular weight is 310 g/mol. The molecule has 0 saturated heterocycles. The van der Waals surface area contributed by atoms with E-state index in [4.69, 9.17) is 4.52 Å². The van der Waals surface area contributed by atoms with Crippen LogP contribution in [0.25, 0.3) is 0 Å². The van der Waals surface area contributed by atoms with Crippen molar-refractivity contribution in [3.8, 4) is 0 Å². The summed E-state index contributed by atoms with van der Waals surface area (Å²) >= 11 is 0. The van der Waals surface area contributed by atoms with E-state index < -0.39 is 0 Å². The van der Waals surface area contributed by atoms with E-state index in [9.17, 15) is 9.90 Å². The van der Waals surface area contributed by atoms with Gasteiger partial charge in [-0.2, -0.15) is 4.98 Å². The molecule has 3 N–H and O–H groups in total. The van der Waals surface area contributed by atoms with Gasteiger partial charge in [0.2, 0.25) is 5.89 Å². The van der Waals surface area contributed by atoms with Crippen LogP contribution in [0.15, 0.2) is 4.52 Å².